The van der Waals surface area contributed by atoms with Crippen molar-refractivity contribution in [3.63, 3.8) is 0 Å². The summed E-state index contributed by atoms with van der Waals surface area (Å²) in [6.45, 7) is 2.76. The zero-order valence-corrected chi connectivity index (χ0v) is 8.36. The van der Waals surface area contributed by atoms with Gasteiger partial charge in [-0.15, -0.1) is 0 Å². The molecule has 76 valence electrons. The van der Waals surface area contributed by atoms with E-state index < -0.39 is 0 Å². The molecule has 14 heavy (non-hydrogen) atoms. The van der Waals surface area contributed by atoms with Crippen LogP contribution in [0.2, 0.25) is 0 Å². The molecule has 0 aliphatic carbocycles. The molecule has 1 aromatic rings. The van der Waals surface area contributed by atoms with Gasteiger partial charge in [0, 0.05) is 18.3 Å². The first-order valence-corrected chi connectivity index (χ1v) is 5.08. The molecule has 1 atom stereocenters. The van der Waals surface area contributed by atoms with E-state index in [0.717, 1.165) is 37.3 Å². The van der Waals surface area contributed by atoms with Crippen LogP contribution in [-0.4, -0.2) is 9.55 Å². The van der Waals surface area contributed by atoms with E-state index in [1.807, 2.05) is 6.92 Å². The molecule has 0 bridgehead atoms. The van der Waals surface area contributed by atoms with Crippen molar-refractivity contribution < 1.29 is 0 Å². The smallest absolute Gasteiger partial charge is 0.253 e. The van der Waals surface area contributed by atoms with Crippen LogP contribution in [0.4, 0.5) is 0 Å². The molecule has 2 N–H and O–H groups in total. The van der Waals surface area contributed by atoms with E-state index in [1.54, 1.807) is 10.6 Å². The molecule has 0 spiro atoms. The van der Waals surface area contributed by atoms with Crippen LogP contribution in [0, 0.1) is 0 Å². The van der Waals surface area contributed by atoms with Gasteiger partial charge in [0.15, 0.2) is 0 Å². The molecular weight excluding hydrogens is 178 g/mol. The first kappa shape index (κ1) is 9.40. The van der Waals surface area contributed by atoms with Gasteiger partial charge in [-0.2, -0.15) is 0 Å². The molecule has 1 aromatic heterocycles. The SMILES string of the molecule is CCc1cc(=O)n2c(n1)C(N)CCC2. The minimum absolute atomic E-state index is 0.0435. The number of fused-ring (bicyclic) bond motifs is 1. The fraction of sp³-hybridized carbons (Fsp3) is 0.600. The maximum atomic E-state index is 11.7. The Morgan fingerprint density at radius 1 is 1.71 bits per heavy atom. The first-order valence-electron chi connectivity index (χ1n) is 5.08. The monoisotopic (exact) mass is 193 g/mol. The number of aromatic nitrogens is 2. The molecule has 2 heterocycles. The highest BCUT2D eigenvalue weighted by molar-refractivity contribution is 5.08. The second kappa shape index (κ2) is 3.53. The average Bonchev–Trinajstić information content (AvgIpc) is 2.19. The highest BCUT2D eigenvalue weighted by Gasteiger charge is 2.19. The lowest BCUT2D eigenvalue weighted by atomic mass is 10.1. The van der Waals surface area contributed by atoms with E-state index in [2.05, 4.69) is 4.98 Å². The normalized spacial score (nSPS) is 20.6. The predicted molar refractivity (Wildman–Crippen MR) is 54.0 cm³/mol. The molecule has 0 saturated heterocycles. The lowest BCUT2D eigenvalue weighted by molar-refractivity contribution is 0.429. The van der Waals surface area contributed by atoms with Crippen molar-refractivity contribution in [2.75, 3.05) is 0 Å². The van der Waals surface area contributed by atoms with E-state index in [4.69, 9.17) is 5.73 Å². The lowest BCUT2D eigenvalue weighted by Crippen LogP contribution is -2.33. The number of aryl methyl sites for hydroxylation is 1. The molecule has 1 aliphatic heterocycles. The quantitative estimate of drug-likeness (QED) is 0.710. The van der Waals surface area contributed by atoms with Gasteiger partial charge in [-0.3, -0.25) is 9.36 Å². The number of rotatable bonds is 1. The van der Waals surface area contributed by atoms with Gasteiger partial charge in [0.25, 0.3) is 5.56 Å². The van der Waals surface area contributed by atoms with Gasteiger partial charge in [0.05, 0.1) is 6.04 Å². The molecule has 4 nitrogen and oxygen atoms in total. The third-order valence-corrected chi connectivity index (χ3v) is 2.68. The van der Waals surface area contributed by atoms with E-state index in [0.29, 0.717) is 0 Å². The Kier molecular flexibility index (Phi) is 2.37. The van der Waals surface area contributed by atoms with Gasteiger partial charge in [-0.05, 0) is 19.3 Å². The van der Waals surface area contributed by atoms with Crippen molar-refractivity contribution in [1.29, 1.82) is 0 Å². The van der Waals surface area contributed by atoms with E-state index in [-0.39, 0.29) is 11.6 Å². The van der Waals surface area contributed by atoms with Gasteiger partial charge >= 0.3 is 0 Å². The fourth-order valence-corrected chi connectivity index (χ4v) is 1.86. The molecule has 0 aromatic carbocycles. The third kappa shape index (κ3) is 1.46. The molecule has 1 unspecified atom stereocenters. The van der Waals surface area contributed by atoms with Crippen LogP contribution in [0.15, 0.2) is 10.9 Å². The van der Waals surface area contributed by atoms with Crippen LogP contribution in [0.5, 0.6) is 0 Å². The Hall–Kier alpha value is -1.16. The Bertz CT molecular complexity index is 397. The molecule has 2 rings (SSSR count). The third-order valence-electron chi connectivity index (χ3n) is 2.68. The Morgan fingerprint density at radius 3 is 3.21 bits per heavy atom. The molecular formula is C10H15N3O. The Balaban J connectivity index is 2.57. The molecule has 0 amide bonds. The molecule has 4 heteroatoms. The minimum atomic E-state index is -0.0667. The van der Waals surface area contributed by atoms with Crippen molar-refractivity contribution >= 4 is 0 Å². The number of nitrogens with zero attached hydrogens (tertiary/aromatic N) is 2. The van der Waals surface area contributed by atoms with Gasteiger partial charge in [-0.25, -0.2) is 4.98 Å². The van der Waals surface area contributed by atoms with Crippen LogP contribution >= 0.6 is 0 Å². The zero-order valence-electron chi connectivity index (χ0n) is 8.36. The molecule has 0 radical (unpaired) electrons. The van der Waals surface area contributed by atoms with Crippen molar-refractivity contribution in [3.8, 4) is 0 Å². The van der Waals surface area contributed by atoms with Crippen LogP contribution < -0.4 is 11.3 Å². The summed E-state index contributed by atoms with van der Waals surface area (Å²) in [6.07, 6.45) is 2.69. The summed E-state index contributed by atoms with van der Waals surface area (Å²) in [4.78, 5) is 16.1. The van der Waals surface area contributed by atoms with Crippen LogP contribution in [-0.2, 0) is 13.0 Å². The van der Waals surface area contributed by atoms with Crippen molar-refractivity contribution in [1.82, 2.24) is 9.55 Å². The maximum absolute atomic E-state index is 11.7. The van der Waals surface area contributed by atoms with Crippen molar-refractivity contribution in [2.45, 2.75) is 38.8 Å². The van der Waals surface area contributed by atoms with Crippen LogP contribution in [0.1, 0.15) is 37.3 Å². The number of hydrogen-bond acceptors (Lipinski definition) is 3. The Morgan fingerprint density at radius 2 is 2.50 bits per heavy atom. The maximum Gasteiger partial charge on any atom is 0.253 e. The van der Waals surface area contributed by atoms with E-state index in [1.165, 1.54) is 0 Å². The van der Waals surface area contributed by atoms with Crippen molar-refractivity contribution in [2.24, 2.45) is 5.73 Å². The zero-order chi connectivity index (χ0) is 10.1. The van der Waals surface area contributed by atoms with Gasteiger partial charge in [0.2, 0.25) is 0 Å². The second-order valence-corrected chi connectivity index (χ2v) is 3.70. The summed E-state index contributed by atoms with van der Waals surface area (Å²) in [7, 11) is 0. The van der Waals surface area contributed by atoms with Gasteiger partial charge < -0.3 is 5.73 Å². The fourth-order valence-electron chi connectivity index (χ4n) is 1.86. The van der Waals surface area contributed by atoms with Crippen LogP contribution in [0.3, 0.4) is 0 Å². The summed E-state index contributed by atoms with van der Waals surface area (Å²) in [5, 5.41) is 0. The standard InChI is InChI=1S/C10H15N3O/c1-2-7-6-9(14)13-5-3-4-8(11)10(13)12-7/h6,8H,2-5,11H2,1H3. The average molecular weight is 193 g/mol. The molecule has 0 saturated carbocycles. The summed E-state index contributed by atoms with van der Waals surface area (Å²) in [6, 6.07) is 1.55. The Labute approximate surface area is 82.8 Å². The van der Waals surface area contributed by atoms with Crippen molar-refractivity contribution in [3.05, 3.63) is 27.9 Å². The topological polar surface area (TPSA) is 60.9 Å². The second-order valence-electron chi connectivity index (χ2n) is 3.70. The lowest BCUT2D eigenvalue weighted by Gasteiger charge is -2.22. The van der Waals surface area contributed by atoms with E-state index in [9.17, 15) is 4.79 Å². The minimum Gasteiger partial charge on any atom is -0.321 e. The summed E-state index contributed by atoms with van der Waals surface area (Å²) >= 11 is 0. The number of hydrogen-bond donors (Lipinski definition) is 1. The van der Waals surface area contributed by atoms with Gasteiger partial charge in [-0.1, -0.05) is 6.92 Å². The van der Waals surface area contributed by atoms with Gasteiger partial charge in [0.1, 0.15) is 5.82 Å². The molecule has 1 aliphatic rings. The molecule has 0 fully saturated rings. The number of nitrogens with two attached hydrogens (primary N) is 1. The highest BCUT2D eigenvalue weighted by atomic mass is 16.1. The van der Waals surface area contributed by atoms with Crippen LogP contribution in [0.25, 0.3) is 0 Å². The summed E-state index contributed by atoms with van der Waals surface area (Å²) in [5.74, 6) is 0.764. The first-order chi connectivity index (χ1) is 6.72. The summed E-state index contributed by atoms with van der Waals surface area (Å²) in [5.41, 5.74) is 6.81. The predicted octanol–water partition coefficient (Wildman–Crippen LogP) is 0.599. The summed E-state index contributed by atoms with van der Waals surface area (Å²) < 4.78 is 1.70. The highest BCUT2D eigenvalue weighted by Crippen LogP contribution is 2.18. The largest absolute Gasteiger partial charge is 0.321 e. The van der Waals surface area contributed by atoms with E-state index >= 15 is 0 Å².